The van der Waals surface area contributed by atoms with Crippen molar-refractivity contribution in [1.82, 2.24) is 20.1 Å². The van der Waals surface area contributed by atoms with Crippen LogP contribution in [-0.4, -0.2) is 39.6 Å². The highest BCUT2D eigenvalue weighted by Crippen LogP contribution is 2.30. The lowest BCUT2D eigenvalue weighted by atomic mass is 10.2. The zero-order valence-corrected chi connectivity index (χ0v) is 16.8. The fourth-order valence-electron chi connectivity index (χ4n) is 2.63. The van der Waals surface area contributed by atoms with Gasteiger partial charge in [-0.25, -0.2) is 4.39 Å². The van der Waals surface area contributed by atoms with Gasteiger partial charge in [-0.05, 0) is 43.3 Å². The third-order valence-electron chi connectivity index (χ3n) is 3.93. The second-order valence-electron chi connectivity index (χ2n) is 5.93. The van der Waals surface area contributed by atoms with Crippen LogP contribution in [0.25, 0.3) is 17.1 Å². The molecular weight excluding hydrogens is 391 g/mol. The van der Waals surface area contributed by atoms with Crippen molar-refractivity contribution in [3.63, 3.8) is 0 Å². The average molecular weight is 412 g/mol. The molecule has 0 saturated carbocycles. The van der Waals surface area contributed by atoms with Gasteiger partial charge in [0.15, 0.2) is 11.0 Å². The van der Waals surface area contributed by atoms with Crippen molar-refractivity contribution in [1.29, 1.82) is 0 Å². The molecule has 1 N–H and O–H groups in total. The number of thioether (sulfide) groups is 1. The molecule has 3 aromatic rings. The van der Waals surface area contributed by atoms with Gasteiger partial charge in [0.2, 0.25) is 5.91 Å². The average Bonchev–Trinajstić information content (AvgIpc) is 3.15. The lowest BCUT2D eigenvalue weighted by Gasteiger charge is -2.11. The van der Waals surface area contributed by atoms with Gasteiger partial charge in [0.25, 0.3) is 0 Å². The number of benzene rings is 2. The van der Waals surface area contributed by atoms with Gasteiger partial charge >= 0.3 is 0 Å². The Labute approximate surface area is 172 Å². The van der Waals surface area contributed by atoms with Crippen LogP contribution in [0.3, 0.4) is 0 Å². The van der Waals surface area contributed by atoms with Gasteiger partial charge in [-0.3, -0.25) is 9.36 Å². The minimum Gasteiger partial charge on any atom is -0.494 e. The van der Waals surface area contributed by atoms with E-state index >= 15 is 0 Å². The molecule has 0 saturated heterocycles. The molecule has 0 aliphatic heterocycles. The molecular formula is C21H21FN4O2S. The molecule has 0 radical (unpaired) electrons. The smallest absolute Gasteiger partial charge is 0.230 e. The van der Waals surface area contributed by atoms with Crippen LogP contribution >= 0.6 is 11.8 Å². The fourth-order valence-corrected chi connectivity index (χ4v) is 3.41. The van der Waals surface area contributed by atoms with Crippen molar-refractivity contribution in [2.75, 3.05) is 18.9 Å². The standard InChI is InChI=1S/C21H21FN4O2S/c1-3-13-23-19(27)14-29-21-25-24-20(15-9-11-16(12-10-15)28-4-2)26(21)18-8-6-5-7-17(18)22/h3,5-12H,1,4,13-14H2,2H3,(H,23,27). The van der Waals surface area contributed by atoms with Crippen molar-refractivity contribution in [2.24, 2.45) is 0 Å². The van der Waals surface area contributed by atoms with Crippen LogP contribution in [0.2, 0.25) is 0 Å². The molecule has 0 fully saturated rings. The van der Waals surface area contributed by atoms with E-state index in [0.29, 0.717) is 29.8 Å². The zero-order chi connectivity index (χ0) is 20.6. The van der Waals surface area contributed by atoms with E-state index in [2.05, 4.69) is 22.1 Å². The summed E-state index contributed by atoms with van der Waals surface area (Å²) in [5.41, 5.74) is 1.07. The van der Waals surface area contributed by atoms with Crippen molar-refractivity contribution in [3.05, 3.63) is 67.0 Å². The molecule has 6 nitrogen and oxygen atoms in total. The van der Waals surface area contributed by atoms with E-state index in [1.165, 1.54) is 17.8 Å². The molecule has 1 amide bonds. The van der Waals surface area contributed by atoms with E-state index in [9.17, 15) is 9.18 Å². The predicted molar refractivity (Wildman–Crippen MR) is 112 cm³/mol. The first-order chi connectivity index (χ1) is 14.1. The number of hydrogen-bond donors (Lipinski definition) is 1. The summed E-state index contributed by atoms with van der Waals surface area (Å²) in [5, 5.41) is 11.6. The Morgan fingerprint density at radius 1 is 1.24 bits per heavy atom. The third-order valence-corrected chi connectivity index (χ3v) is 4.86. The van der Waals surface area contributed by atoms with E-state index in [0.717, 1.165) is 11.3 Å². The van der Waals surface area contributed by atoms with Gasteiger partial charge in [-0.15, -0.1) is 16.8 Å². The molecule has 150 valence electrons. The number of halogens is 1. The van der Waals surface area contributed by atoms with Gasteiger partial charge < -0.3 is 10.1 Å². The molecule has 1 aromatic heterocycles. The van der Waals surface area contributed by atoms with Crippen LogP contribution < -0.4 is 10.1 Å². The van der Waals surface area contributed by atoms with E-state index in [4.69, 9.17) is 4.74 Å². The molecule has 0 unspecified atom stereocenters. The number of nitrogens with zero attached hydrogens (tertiary/aromatic N) is 3. The molecule has 0 spiro atoms. The highest BCUT2D eigenvalue weighted by atomic mass is 32.2. The Hall–Kier alpha value is -3.13. The van der Waals surface area contributed by atoms with Crippen LogP contribution in [-0.2, 0) is 4.79 Å². The number of nitrogens with one attached hydrogen (secondary N) is 1. The minimum absolute atomic E-state index is 0.129. The Morgan fingerprint density at radius 2 is 2.00 bits per heavy atom. The van der Waals surface area contributed by atoms with Crippen LogP contribution in [0.15, 0.2) is 66.3 Å². The van der Waals surface area contributed by atoms with Crippen molar-refractivity contribution in [3.8, 4) is 22.8 Å². The van der Waals surface area contributed by atoms with Gasteiger partial charge in [-0.1, -0.05) is 30.0 Å². The first-order valence-electron chi connectivity index (χ1n) is 9.08. The summed E-state index contributed by atoms with van der Waals surface area (Å²) in [7, 11) is 0. The van der Waals surface area contributed by atoms with Crippen LogP contribution in [0.1, 0.15) is 6.92 Å². The van der Waals surface area contributed by atoms with Crippen LogP contribution in [0.4, 0.5) is 4.39 Å². The Bertz CT molecular complexity index is 989. The minimum atomic E-state index is -0.405. The number of hydrogen-bond acceptors (Lipinski definition) is 5. The van der Waals surface area contributed by atoms with Crippen molar-refractivity contribution in [2.45, 2.75) is 12.1 Å². The summed E-state index contributed by atoms with van der Waals surface area (Å²) in [6.45, 7) is 6.44. The second kappa shape index (κ2) is 9.88. The molecule has 29 heavy (non-hydrogen) atoms. The molecule has 0 bridgehead atoms. The molecule has 0 aliphatic carbocycles. The summed E-state index contributed by atoms with van der Waals surface area (Å²) in [6.07, 6.45) is 1.61. The molecule has 0 atom stereocenters. The molecule has 2 aromatic carbocycles. The zero-order valence-electron chi connectivity index (χ0n) is 16.0. The van der Waals surface area contributed by atoms with Gasteiger partial charge in [0, 0.05) is 12.1 Å². The number of aromatic nitrogens is 3. The molecule has 3 rings (SSSR count). The summed E-state index contributed by atoms with van der Waals surface area (Å²) in [5.74, 6) is 0.774. The Morgan fingerprint density at radius 3 is 2.69 bits per heavy atom. The fraction of sp³-hybridized carbons (Fsp3) is 0.190. The maximum absolute atomic E-state index is 14.6. The second-order valence-corrected chi connectivity index (χ2v) is 6.87. The molecule has 1 heterocycles. The number of carbonyl (C=O) groups excluding carboxylic acids is 1. The number of para-hydroxylation sites is 1. The van der Waals surface area contributed by atoms with Crippen LogP contribution in [0.5, 0.6) is 5.75 Å². The van der Waals surface area contributed by atoms with E-state index in [1.54, 1.807) is 28.8 Å². The largest absolute Gasteiger partial charge is 0.494 e. The first-order valence-corrected chi connectivity index (χ1v) is 10.1. The first kappa shape index (κ1) is 20.6. The Kier molecular flexibility index (Phi) is 7.02. The van der Waals surface area contributed by atoms with E-state index in [-0.39, 0.29) is 11.7 Å². The number of carbonyl (C=O) groups is 1. The number of ether oxygens (including phenoxy) is 1. The van der Waals surface area contributed by atoms with Gasteiger partial charge in [0.05, 0.1) is 18.0 Å². The third kappa shape index (κ3) is 5.03. The van der Waals surface area contributed by atoms with E-state index in [1.807, 2.05) is 31.2 Å². The highest BCUT2D eigenvalue weighted by Gasteiger charge is 2.19. The SMILES string of the molecule is C=CCNC(=O)CSc1nnc(-c2ccc(OCC)cc2)n1-c1ccccc1F. The molecule has 0 aliphatic rings. The topological polar surface area (TPSA) is 69.0 Å². The van der Waals surface area contributed by atoms with Crippen molar-refractivity contribution >= 4 is 17.7 Å². The van der Waals surface area contributed by atoms with Crippen LogP contribution in [0, 0.1) is 5.82 Å². The molecule has 8 heteroatoms. The summed E-state index contributed by atoms with van der Waals surface area (Å²) in [6, 6.07) is 13.7. The quantitative estimate of drug-likeness (QED) is 0.427. The maximum atomic E-state index is 14.6. The normalized spacial score (nSPS) is 10.6. The lowest BCUT2D eigenvalue weighted by molar-refractivity contribution is -0.118. The summed E-state index contributed by atoms with van der Waals surface area (Å²) >= 11 is 1.19. The van der Waals surface area contributed by atoms with Crippen molar-refractivity contribution < 1.29 is 13.9 Å². The summed E-state index contributed by atoms with van der Waals surface area (Å²) < 4.78 is 21.7. The Balaban J connectivity index is 1.96. The highest BCUT2D eigenvalue weighted by molar-refractivity contribution is 7.99. The number of amides is 1. The number of rotatable bonds is 9. The lowest BCUT2D eigenvalue weighted by Crippen LogP contribution is -2.25. The van der Waals surface area contributed by atoms with Gasteiger partial charge in [0.1, 0.15) is 11.6 Å². The van der Waals surface area contributed by atoms with E-state index < -0.39 is 5.82 Å². The van der Waals surface area contributed by atoms with Gasteiger partial charge in [-0.2, -0.15) is 0 Å². The summed E-state index contributed by atoms with van der Waals surface area (Å²) in [4.78, 5) is 11.9. The monoisotopic (exact) mass is 412 g/mol. The maximum Gasteiger partial charge on any atom is 0.230 e. The predicted octanol–water partition coefficient (Wildman–Crippen LogP) is 3.87.